The molecule has 2 fully saturated rings. The average molecular weight is 419 g/mol. The van der Waals surface area contributed by atoms with Crippen LogP contribution in [0.25, 0.3) is 0 Å². The number of hydrogen-bond donors (Lipinski definition) is 3. The van der Waals surface area contributed by atoms with Crippen LogP contribution < -0.4 is 20.1 Å². The van der Waals surface area contributed by atoms with E-state index in [0.29, 0.717) is 12.1 Å². The zero-order chi connectivity index (χ0) is 18.6. The van der Waals surface area contributed by atoms with E-state index in [9.17, 15) is 13.2 Å². The monoisotopic (exact) mass is 418 g/mol. The molecule has 2 aliphatic rings. The van der Waals surface area contributed by atoms with E-state index in [4.69, 9.17) is 4.74 Å². The Hall–Kier alpha value is -1.39. The van der Waals surface area contributed by atoms with Crippen LogP contribution in [0.5, 0.6) is 5.75 Å². The van der Waals surface area contributed by atoms with Crippen LogP contribution in [0.4, 0.5) is 0 Å². The number of nitrogens with one attached hydrogen (secondary N) is 3. The van der Waals surface area contributed by atoms with E-state index in [0.717, 1.165) is 45.6 Å². The Balaban J connectivity index is 0.00000261. The molecular formula is C17H27ClN4O4S. The van der Waals surface area contributed by atoms with Crippen LogP contribution in [-0.4, -0.2) is 71.6 Å². The summed E-state index contributed by atoms with van der Waals surface area (Å²) in [5, 5.41) is 6.14. The SMILES string of the molecule is COc1ccc(C(=O)NCCN2CCNCC2)cc1S(=O)(=O)NC1CC1.Cl. The highest BCUT2D eigenvalue weighted by Gasteiger charge is 2.30. The third-order valence-electron chi connectivity index (χ3n) is 4.54. The Labute approximate surface area is 166 Å². The van der Waals surface area contributed by atoms with E-state index < -0.39 is 10.0 Å². The molecule has 1 aromatic carbocycles. The second kappa shape index (κ2) is 9.70. The molecule has 1 aliphatic heterocycles. The van der Waals surface area contributed by atoms with E-state index in [1.165, 1.54) is 19.2 Å². The summed E-state index contributed by atoms with van der Waals surface area (Å²) in [5.74, 6) is -0.0545. The molecule has 0 atom stereocenters. The Morgan fingerprint density at radius 3 is 2.63 bits per heavy atom. The van der Waals surface area contributed by atoms with Gasteiger partial charge in [0, 0.05) is 50.9 Å². The number of halogens is 1. The second-order valence-electron chi connectivity index (χ2n) is 6.61. The van der Waals surface area contributed by atoms with Gasteiger partial charge in [-0.25, -0.2) is 13.1 Å². The van der Waals surface area contributed by atoms with Gasteiger partial charge in [-0.3, -0.25) is 9.69 Å². The fraction of sp³-hybridized carbons (Fsp3) is 0.588. The van der Waals surface area contributed by atoms with Gasteiger partial charge in [0.1, 0.15) is 10.6 Å². The quantitative estimate of drug-likeness (QED) is 0.557. The topological polar surface area (TPSA) is 99.8 Å². The number of nitrogens with zero attached hydrogens (tertiary/aromatic N) is 1. The molecule has 0 aromatic heterocycles. The molecule has 1 aromatic rings. The number of carbonyl (C=O) groups excluding carboxylic acids is 1. The van der Waals surface area contributed by atoms with Crippen molar-refractivity contribution in [2.75, 3.05) is 46.4 Å². The van der Waals surface area contributed by atoms with Crippen LogP contribution in [0.2, 0.25) is 0 Å². The number of benzene rings is 1. The van der Waals surface area contributed by atoms with Gasteiger partial charge in [-0.1, -0.05) is 0 Å². The molecule has 10 heteroatoms. The zero-order valence-electron chi connectivity index (χ0n) is 15.4. The van der Waals surface area contributed by atoms with Gasteiger partial charge < -0.3 is 15.4 Å². The number of amides is 1. The highest BCUT2D eigenvalue weighted by atomic mass is 35.5. The van der Waals surface area contributed by atoms with E-state index >= 15 is 0 Å². The molecule has 1 saturated carbocycles. The van der Waals surface area contributed by atoms with Crippen LogP contribution >= 0.6 is 12.4 Å². The van der Waals surface area contributed by atoms with Crippen molar-refractivity contribution in [3.63, 3.8) is 0 Å². The molecule has 1 heterocycles. The van der Waals surface area contributed by atoms with Crippen molar-refractivity contribution < 1.29 is 17.9 Å². The van der Waals surface area contributed by atoms with Crippen molar-refractivity contribution in [1.29, 1.82) is 0 Å². The molecule has 3 N–H and O–H groups in total. The Morgan fingerprint density at radius 1 is 1.30 bits per heavy atom. The average Bonchev–Trinajstić information content (AvgIpc) is 3.45. The number of sulfonamides is 1. The third kappa shape index (κ3) is 6.05. The molecule has 27 heavy (non-hydrogen) atoms. The van der Waals surface area contributed by atoms with Crippen molar-refractivity contribution in [2.45, 2.75) is 23.8 Å². The van der Waals surface area contributed by atoms with E-state index in [2.05, 4.69) is 20.3 Å². The summed E-state index contributed by atoms with van der Waals surface area (Å²) >= 11 is 0. The fourth-order valence-electron chi connectivity index (χ4n) is 2.88. The van der Waals surface area contributed by atoms with Gasteiger partial charge in [-0.2, -0.15) is 0 Å². The largest absolute Gasteiger partial charge is 0.495 e. The molecule has 1 amide bonds. The number of hydrogen-bond acceptors (Lipinski definition) is 6. The maximum absolute atomic E-state index is 12.5. The van der Waals surface area contributed by atoms with Gasteiger partial charge in [0.25, 0.3) is 5.91 Å². The summed E-state index contributed by atoms with van der Waals surface area (Å²) in [6.07, 6.45) is 1.68. The maximum atomic E-state index is 12.5. The first-order valence-corrected chi connectivity index (χ1v) is 10.4. The van der Waals surface area contributed by atoms with Crippen LogP contribution in [0.15, 0.2) is 23.1 Å². The molecule has 8 nitrogen and oxygen atoms in total. The van der Waals surface area contributed by atoms with Crippen molar-refractivity contribution in [2.24, 2.45) is 0 Å². The first-order chi connectivity index (χ1) is 12.5. The van der Waals surface area contributed by atoms with Crippen LogP contribution in [-0.2, 0) is 10.0 Å². The summed E-state index contributed by atoms with van der Waals surface area (Å²) in [6.45, 7) is 5.15. The predicted octanol–water partition coefficient (Wildman–Crippen LogP) is 0.193. The van der Waals surface area contributed by atoms with Crippen LogP contribution in [0.3, 0.4) is 0 Å². The lowest BCUT2D eigenvalue weighted by atomic mass is 10.2. The van der Waals surface area contributed by atoms with E-state index in [-0.39, 0.29) is 35.0 Å². The molecule has 0 bridgehead atoms. The summed E-state index contributed by atoms with van der Waals surface area (Å²) in [6, 6.07) is 4.46. The third-order valence-corrected chi connectivity index (χ3v) is 6.08. The second-order valence-corrected chi connectivity index (χ2v) is 8.29. The standard InChI is InChI=1S/C17H26N4O4S.ClH/c1-25-15-5-2-13(12-16(15)26(23,24)20-14-3-4-14)17(22)19-8-11-21-9-6-18-7-10-21;/h2,5,12,14,18,20H,3-4,6-11H2,1H3,(H,19,22);1H. The van der Waals surface area contributed by atoms with Crippen molar-refractivity contribution in [3.8, 4) is 5.75 Å². The predicted molar refractivity (Wildman–Crippen MR) is 105 cm³/mol. The summed E-state index contributed by atoms with van der Waals surface area (Å²) < 4.78 is 32.8. The van der Waals surface area contributed by atoms with E-state index in [1.807, 2.05) is 0 Å². The fourth-order valence-corrected chi connectivity index (χ4v) is 4.38. The molecular weight excluding hydrogens is 392 g/mol. The van der Waals surface area contributed by atoms with Gasteiger partial charge in [-0.05, 0) is 31.0 Å². The summed E-state index contributed by atoms with van der Waals surface area (Å²) in [7, 11) is -2.29. The van der Waals surface area contributed by atoms with Crippen LogP contribution in [0, 0.1) is 0 Å². The number of piperazine rings is 1. The normalized spacial score (nSPS) is 17.8. The van der Waals surface area contributed by atoms with Crippen molar-refractivity contribution >= 4 is 28.3 Å². The Kier molecular flexibility index (Phi) is 7.87. The minimum Gasteiger partial charge on any atom is -0.495 e. The van der Waals surface area contributed by atoms with Gasteiger partial charge in [0.05, 0.1) is 7.11 Å². The van der Waals surface area contributed by atoms with Crippen molar-refractivity contribution in [1.82, 2.24) is 20.3 Å². The lowest BCUT2D eigenvalue weighted by Gasteiger charge is -2.27. The van der Waals surface area contributed by atoms with E-state index in [1.54, 1.807) is 6.07 Å². The van der Waals surface area contributed by atoms with Gasteiger partial charge in [-0.15, -0.1) is 12.4 Å². The maximum Gasteiger partial charge on any atom is 0.251 e. The number of carbonyl (C=O) groups is 1. The molecule has 0 unspecified atom stereocenters. The zero-order valence-corrected chi connectivity index (χ0v) is 17.0. The van der Waals surface area contributed by atoms with Crippen molar-refractivity contribution in [3.05, 3.63) is 23.8 Å². The molecule has 3 rings (SSSR count). The summed E-state index contributed by atoms with van der Waals surface area (Å²) in [4.78, 5) is 14.7. The minimum absolute atomic E-state index is 0. The molecule has 152 valence electrons. The lowest BCUT2D eigenvalue weighted by Crippen LogP contribution is -2.46. The highest BCUT2D eigenvalue weighted by Crippen LogP contribution is 2.28. The smallest absolute Gasteiger partial charge is 0.251 e. The number of methoxy groups -OCH3 is 1. The highest BCUT2D eigenvalue weighted by molar-refractivity contribution is 7.89. The van der Waals surface area contributed by atoms with Gasteiger partial charge in [0.2, 0.25) is 10.0 Å². The number of ether oxygens (including phenoxy) is 1. The first-order valence-electron chi connectivity index (χ1n) is 8.91. The minimum atomic E-state index is -3.70. The molecule has 1 saturated heterocycles. The van der Waals surface area contributed by atoms with Crippen LogP contribution in [0.1, 0.15) is 23.2 Å². The first kappa shape index (κ1) is 21.9. The Bertz CT molecular complexity index is 749. The molecule has 0 spiro atoms. The Morgan fingerprint density at radius 2 is 2.00 bits per heavy atom. The lowest BCUT2D eigenvalue weighted by molar-refractivity contribution is 0.0947. The van der Waals surface area contributed by atoms with Gasteiger partial charge in [0.15, 0.2) is 0 Å². The van der Waals surface area contributed by atoms with Gasteiger partial charge >= 0.3 is 0 Å². The molecule has 1 aliphatic carbocycles. The summed E-state index contributed by atoms with van der Waals surface area (Å²) in [5.41, 5.74) is 0.308. The molecule has 0 radical (unpaired) electrons. The number of rotatable bonds is 8.